The number of morpholine rings is 1. The summed E-state index contributed by atoms with van der Waals surface area (Å²) >= 11 is 0. The molecule has 0 unspecified atom stereocenters. The Kier molecular flexibility index (Phi) is 8.51. The van der Waals surface area contributed by atoms with Gasteiger partial charge in [-0.3, -0.25) is 4.79 Å². The van der Waals surface area contributed by atoms with E-state index in [4.69, 9.17) is 4.74 Å². The summed E-state index contributed by atoms with van der Waals surface area (Å²) in [5.74, 6) is -2.15. The smallest absolute Gasteiger partial charge is 0.372 e. The molecule has 1 saturated heterocycles. The van der Waals surface area contributed by atoms with E-state index in [1.165, 1.54) is 0 Å². The SMILES string of the molecule is C[C@@H]1CN(c2ccc(NC(=O)CCCCNS(=O)(=O)CC(F)(F)F)cc2)C[C@H](C)O1. The van der Waals surface area contributed by atoms with Crippen LogP contribution >= 0.6 is 0 Å². The van der Waals surface area contributed by atoms with Crippen molar-refractivity contribution < 1.29 is 31.1 Å². The van der Waals surface area contributed by atoms with E-state index in [9.17, 15) is 26.4 Å². The number of anilines is 2. The maximum absolute atomic E-state index is 12.1. The lowest BCUT2D eigenvalue weighted by Crippen LogP contribution is -2.45. The topological polar surface area (TPSA) is 87.7 Å². The van der Waals surface area contributed by atoms with Gasteiger partial charge in [0.2, 0.25) is 15.9 Å². The molecule has 30 heavy (non-hydrogen) atoms. The van der Waals surface area contributed by atoms with Crippen LogP contribution in [0.15, 0.2) is 24.3 Å². The molecule has 0 spiro atoms. The summed E-state index contributed by atoms with van der Waals surface area (Å²) < 4.78 is 66.5. The van der Waals surface area contributed by atoms with Crippen LogP contribution in [0.3, 0.4) is 0 Å². The molecule has 0 saturated carbocycles. The van der Waals surface area contributed by atoms with Gasteiger partial charge in [-0.1, -0.05) is 0 Å². The molecule has 2 rings (SSSR count). The molecule has 11 heteroatoms. The number of ether oxygens (including phenoxy) is 1. The molecule has 2 atom stereocenters. The minimum absolute atomic E-state index is 0.140. The number of rotatable bonds is 9. The zero-order chi connectivity index (χ0) is 22.4. The molecule has 0 bridgehead atoms. The van der Waals surface area contributed by atoms with E-state index in [1.807, 2.05) is 42.8 Å². The number of hydrogen-bond acceptors (Lipinski definition) is 5. The summed E-state index contributed by atoms with van der Waals surface area (Å²) in [6.07, 6.45) is -3.74. The number of nitrogens with zero attached hydrogens (tertiary/aromatic N) is 1. The highest BCUT2D eigenvalue weighted by Crippen LogP contribution is 2.22. The average Bonchev–Trinajstić information content (AvgIpc) is 2.59. The Bertz CT molecular complexity index is 790. The molecule has 1 aromatic rings. The van der Waals surface area contributed by atoms with Crippen molar-refractivity contribution >= 4 is 27.3 Å². The zero-order valence-electron chi connectivity index (χ0n) is 17.0. The Labute approximate surface area is 175 Å². The van der Waals surface area contributed by atoms with E-state index < -0.39 is 22.0 Å². The van der Waals surface area contributed by atoms with E-state index in [-0.39, 0.29) is 37.5 Å². The minimum Gasteiger partial charge on any atom is -0.372 e. The Hall–Kier alpha value is -1.85. The second-order valence-electron chi connectivity index (χ2n) is 7.48. The largest absolute Gasteiger partial charge is 0.404 e. The zero-order valence-corrected chi connectivity index (χ0v) is 17.9. The molecule has 170 valence electrons. The summed E-state index contributed by atoms with van der Waals surface area (Å²) in [7, 11) is -4.40. The Balaban J connectivity index is 1.70. The van der Waals surface area contributed by atoms with Gasteiger partial charge in [0.05, 0.1) is 12.2 Å². The maximum atomic E-state index is 12.1. The van der Waals surface area contributed by atoms with Gasteiger partial charge in [0.1, 0.15) is 0 Å². The van der Waals surface area contributed by atoms with Gasteiger partial charge in [0.25, 0.3) is 0 Å². The van der Waals surface area contributed by atoms with E-state index in [0.29, 0.717) is 12.1 Å². The highest BCUT2D eigenvalue weighted by atomic mass is 32.2. The molecule has 1 heterocycles. The molecule has 0 aromatic heterocycles. The number of hydrogen-bond donors (Lipinski definition) is 2. The molecule has 1 aliphatic rings. The van der Waals surface area contributed by atoms with Crippen molar-refractivity contribution in [3.05, 3.63) is 24.3 Å². The molecule has 0 radical (unpaired) electrons. The quantitative estimate of drug-likeness (QED) is 0.564. The van der Waals surface area contributed by atoms with Crippen molar-refractivity contribution in [2.24, 2.45) is 0 Å². The van der Waals surface area contributed by atoms with Gasteiger partial charge < -0.3 is 15.0 Å². The van der Waals surface area contributed by atoms with Crippen molar-refractivity contribution in [1.82, 2.24) is 4.72 Å². The fourth-order valence-corrected chi connectivity index (χ4v) is 4.26. The summed E-state index contributed by atoms with van der Waals surface area (Å²) in [6.45, 7) is 5.50. The van der Waals surface area contributed by atoms with E-state index in [1.54, 1.807) is 0 Å². The Morgan fingerprint density at radius 1 is 1.13 bits per heavy atom. The molecule has 1 amide bonds. The van der Waals surface area contributed by atoms with Gasteiger partial charge >= 0.3 is 6.18 Å². The number of carbonyl (C=O) groups is 1. The third-order valence-corrected chi connectivity index (χ3v) is 5.79. The summed E-state index contributed by atoms with van der Waals surface area (Å²) in [5, 5.41) is 2.76. The normalized spacial score (nSPS) is 20.2. The lowest BCUT2D eigenvalue weighted by molar-refractivity contribution is -0.116. The molecule has 1 aliphatic heterocycles. The molecule has 2 N–H and O–H groups in total. The van der Waals surface area contributed by atoms with E-state index in [0.717, 1.165) is 18.8 Å². The average molecular weight is 452 g/mol. The van der Waals surface area contributed by atoms with Crippen LogP contribution in [0.1, 0.15) is 33.1 Å². The first-order chi connectivity index (χ1) is 13.9. The van der Waals surface area contributed by atoms with Gasteiger partial charge in [-0.15, -0.1) is 0 Å². The third-order valence-electron chi connectivity index (χ3n) is 4.44. The van der Waals surface area contributed by atoms with Crippen molar-refractivity contribution in [2.45, 2.75) is 51.5 Å². The van der Waals surface area contributed by atoms with Crippen LogP contribution in [0.25, 0.3) is 0 Å². The fraction of sp³-hybridized carbons (Fsp3) is 0.632. The molecular formula is C19H28F3N3O4S. The van der Waals surface area contributed by atoms with Crippen LogP contribution < -0.4 is 14.9 Å². The number of carbonyl (C=O) groups excluding carboxylic acids is 1. The second kappa shape index (κ2) is 10.5. The third kappa shape index (κ3) is 8.88. The number of alkyl halides is 3. The van der Waals surface area contributed by atoms with Crippen LogP contribution in [0.5, 0.6) is 0 Å². The number of benzene rings is 1. The molecule has 7 nitrogen and oxygen atoms in total. The van der Waals surface area contributed by atoms with Gasteiger partial charge in [-0.05, 0) is 51.0 Å². The van der Waals surface area contributed by atoms with Crippen molar-refractivity contribution in [3.63, 3.8) is 0 Å². The summed E-state index contributed by atoms with van der Waals surface area (Å²) in [6, 6.07) is 7.47. The van der Waals surface area contributed by atoms with E-state index in [2.05, 4.69) is 10.2 Å². The maximum Gasteiger partial charge on any atom is 0.404 e. The number of sulfonamides is 1. The first kappa shape index (κ1) is 24.4. The lowest BCUT2D eigenvalue weighted by atomic mass is 10.2. The first-order valence-corrected chi connectivity index (χ1v) is 11.4. The predicted octanol–water partition coefficient (Wildman–Crippen LogP) is 2.89. The van der Waals surface area contributed by atoms with Gasteiger partial charge in [-0.25, -0.2) is 13.1 Å². The molecule has 0 aliphatic carbocycles. The van der Waals surface area contributed by atoms with Gasteiger partial charge in [-0.2, -0.15) is 13.2 Å². The number of unbranched alkanes of at least 4 members (excludes halogenated alkanes) is 1. The lowest BCUT2D eigenvalue weighted by Gasteiger charge is -2.36. The van der Waals surface area contributed by atoms with Crippen LogP contribution in [-0.2, 0) is 19.6 Å². The Morgan fingerprint density at radius 2 is 1.73 bits per heavy atom. The van der Waals surface area contributed by atoms with E-state index >= 15 is 0 Å². The summed E-state index contributed by atoms with van der Waals surface area (Å²) in [4.78, 5) is 14.2. The summed E-state index contributed by atoms with van der Waals surface area (Å²) in [5.41, 5.74) is 1.69. The molecule has 1 aromatic carbocycles. The second-order valence-corrected chi connectivity index (χ2v) is 9.29. The fourth-order valence-electron chi connectivity index (χ4n) is 3.27. The van der Waals surface area contributed by atoms with Crippen LogP contribution in [0.4, 0.5) is 24.5 Å². The highest BCUT2D eigenvalue weighted by molar-refractivity contribution is 7.89. The highest BCUT2D eigenvalue weighted by Gasteiger charge is 2.34. The van der Waals surface area contributed by atoms with Crippen LogP contribution in [0, 0.1) is 0 Å². The predicted molar refractivity (Wildman–Crippen MR) is 109 cm³/mol. The van der Waals surface area contributed by atoms with Crippen molar-refractivity contribution in [3.8, 4) is 0 Å². The van der Waals surface area contributed by atoms with Crippen molar-refractivity contribution in [1.29, 1.82) is 0 Å². The number of nitrogens with one attached hydrogen (secondary N) is 2. The first-order valence-electron chi connectivity index (χ1n) is 9.78. The van der Waals surface area contributed by atoms with Crippen molar-refractivity contribution in [2.75, 3.05) is 35.6 Å². The number of halogens is 3. The Morgan fingerprint density at radius 3 is 2.30 bits per heavy atom. The monoisotopic (exact) mass is 451 g/mol. The van der Waals surface area contributed by atoms with Gasteiger partial charge in [0, 0.05) is 37.4 Å². The number of amides is 1. The van der Waals surface area contributed by atoms with Gasteiger partial charge in [0.15, 0.2) is 5.75 Å². The van der Waals surface area contributed by atoms with Crippen LogP contribution in [-0.4, -0.2) is 58.1 Å². The van der Waals surface area contributed by atoms with Crippen LogP contribution in [0.2, 0.25) is 0 Å². The minimum atomic E-state index is -4.78. The molecular weight excluding hydrogens is 423 g/mol. The standard InChI is InChI=1S/C19H28F3N3O4S/c1-14-11-25(12-15(2)29-14)17-8-6-16(7-9-17)24-18(26)5-3-4-10-23-30(27,28)13-19(20,21)22/h6-9,14-15,23H,3-5,10-13H2,1-2H3,(H,24,26)/t14-,15+. The molecule has 1 fully saturated rings.